The highest BCUT2D eigenvalue weighted by molar-refractivity contribution is 5.76. The lowest BCUT2D eigenvalue weighted by Crippen LogP contribution is -2.58. The summed E-state index contributed by atoms with van der Waals surface area (Å²) in [7, 11) is 0. The van der Waals surface area contributed by atoms with Crippen LogP contribution in [0.15, 0.2) is 0 Å². The zero-order valence-corrected chi connectivity index (χ0v) is 15.8. The molecule has 0 unspecified atom stereocenters. The Balaban J connectivity index is 1.88. The van der Waals surface area contributed by atoms with Gasteiger partial charge in [0.2, 0.25) is 5.91 Å². The van der Waals surface area contributed by atoms with Crippen molar-refractivity contribution in [2.45, 2.75) is 76.6 Å². The normalized spacial score (nSPS) is 29.1. The van der Waals surface area contributed by atoms with Crippen LogP contribution in [0.4, 0.5) is 0 Å². The van der Waals surface area contributed by atoms with Crippen molar-refractivity contribution < 1.29 is 24.2 Å². The highest BCUT2D eigenvalue weighted by Crippen LogP contribution is 2.34. The standard InChI is InChI=1S/C18H32N2O5/c1-17(2)8-12(9-18(3,4)20-17)7-15(21)19-13-5-6-24-10-14(13)25-11-16(22)23/h12-14,20H,5-11H2,1-4H3,(H,19,21)(H,22,23)/t13-,14-/m1/s1. The molecule has 144 valence electrons. The fraction of sp³-hybridized carbons (Fsp3) is 0.889. The number of hydrogen-bond donors (Lipinski definition) is 3. The van der Waals surface area contributed by atoms with Gasteiger partial charge < -0.3 is 25.2 Å². The van der Waals surface area contributed by atoms with Crippen LogP contribution in [0.2, 0.25) is 0 Å². The summed E-state index contributed by atoms with van der Waals surface area (Å²) in [5.74, 6) is -0.686. The Hall–Kier alpha value is -1.18. The van der Waals surface area contributed by atoms with Gasteiger partial charge in [0, 0.05) is 24.1 Å². The second-order valence-corrected chi connectivity index (χ2v) is 8.65. The van der Waals surface area contributed by atoms with E-state index in [9.17, 15) is 9.59 Å². The van der Waals surface area contributed by atoms with Crippen molar-refractivity contribution in [3.05, 3.63) is 0 Å². The second-order valence-electron chi connectivity index (χ2n) is 8.65. The van der Waals surface area contributed by atoms with Gasteiger partial charge in [0.15, 0.2) is 0 Å². The number of carboxylic acids is 1. The second kappa shape index (κ2) is 8.01. The van der Waals surface area contributed by atoms with E-state index < -0.39 is 12.1 Å². The minimum Gasteiger partial charge on any atom is -0.480 e. The maximum atomic E-state index is 12.5. The summed E-state index contributed by atoms with van der Waals surface area (Å²) in [5.41, 5.74) is 0.0248. The lowest BCUT2D eigenvalue weighted by Gasteiger charge is -2.46. The molecule has 3 N–H and O–H groups in total. The fourth-order valence-electron chi connectivity index (χ4n) is 4.43. The van der Waals surface area contributed by atoms with Gasteiger partial charge in [-0.05, 0) is 52.9 Å². The molecule has 2 atom stereocenters. The number of carboxylic acid groups (broad SMARTS) is 1. The van der Waals surface area contributed by atoms with Crippen LogP contribution >= 0.6 is 0 Å². The molecule has 0 aromatic rings. The van der Waals surface area contributed by atoms with E-state index in [0.29, 0.717) is 32.0 Å². The number of ether oxygens (including phenoxy) is 2. The monoisotopic (exact) mass is 356 g/mol. The van der Waals surface area contributed by atoms with Crippen molar-refractivity contribution in [2.24, 2.45) is 5.92 Å². The Morgan fingerprint density at radius 1 is 1.24 bits per heavy atom. The predicted octanol–water partition coefficient (Wildman–Crippen LogP) is 1.31. The van der Waals surface area contributed by atoms with E-state index in [1.807, 2.05) is 0 Å². The largest absolute Gasteiger partial charge is 0.480 e. The van der Waals surface area contributed by atoms with Crippen molar-refractivity contribution in [3.8, 4) is 0 Å². The van der Waals surface area contributed by atoms with Crippen LogP contribution in [0.25, 0.3) is 0 Å². The number of carbonyl (C=O) groups is 2. The van der Waals surface area contributed by atoms with E-state index in [-0.39, 0.29) is 29.6 Å². The first-order chi connectivity index (χ1) is 11.6. The molecule has 2 aliphatic rings. The van der Waals surface area contributed by atoms with Gasteiger partial charge in [-0.25, -0.2) is 4.79 Å². The lowest BCUT2D eigenvalue weighted by molar-refractivity contribution is -0.149. The first kappa shape index (κ1) is 20.1. The van der Waals surface area contributed by atoms with Gasteiger partial charge in [-0.15, -0.1) is 0 Å². The molecule has 0 aliphatic carbocycles. The zero-order chi connectivity index (χ0) is 18.7. The number of hydrogen-bond acceptors (Lipinski definition) is 5. The molecule has 7 nitrogen and oxygen atoms in total. The van der Waals surface area contributed by atoms with Crippen molar-refractivity contribution in [1.82, 2.24) is 10.6 Å². The topological polar surface area (TPSA) is 96.9 Å². The maximum absolute atomic E-state index is 12.5. The third-order valence-electron chi connectivity index (χ3n) is 4.82. The van der Waals surface area contributed by atoms with Crippen molar-refractivity contribution in [1.29, 1.82) is 0 Å². The van der Waals surface area contributed by atoms with Crippen LogP contribution in [0.5, 0.6) is 0 Å². The van der Waals surface area contributed by atoms with Crippen molar-refractivity contribution in [3.63, 3.8) is 0 Å². The molecule has 2 saturated heterocycles. The molecular formula is C18H32N2O5. The van der Waals surface area contributed by atoms with Crippen LogP contribution in [0.1, 0.15) is 53.4 Å². The van der Waals surface area contributed by atoms with Gasteiger partial charge in [0.25, 0.3) is 0 Å². The van der Waals surface area contributed by atoms with Crippen molar-refractivity contribution >= 4 is 11.9 Å². The number of carbonyl (C=O) groups excluding carboxylic acids is 1. The Morgan fingerprint density at radius 2 is 1.88 bits per heavy atom. The molecule has 0 aromatic heterocycles. The van der Waals surface area contributed by atoms with Crippen molar-refractivity contribution in [2.75, 3.05) is 19.8 Å². The molecule has 25 heavy (non-hydrogen) atoms. The van der Waals surface area contributed by atoms with Gasteiger partial charge in [-0.2, -0.15) is 0 Å². The highest BCUT2D eigenvalue weighted by Gasteiger charge is 2.38. The summed E-state index contributed by atoms with van der Waals surface area (Å²) in [6.45, 7) is 9.17. The molecule has 0 radical (unpaired) electrons. The van der Waals surface area contributed by atoms with Gasteiger partial charge in [-0.1, -0.05) is 0 Å². The van der Waals surface area contributed by atoms with E-state index in [2.05, 4.69) is 38.3 Å². The molecule has 0 saturated carbocycles. The SMILES string of the molecule is CC1(C)CC(CC(=O)N[C@@H]2CCOC[C@H]2OCC(=O)O)CC(C)(C)N1. The molecule has 0 spiro atoms. The quantitative estimate of drug-likeness (QED) is 0.664. The Kier molecular flexibility index (Phi) is 6.45. The van der Waals surface area contributed by atoms with Gasteiger partial charge in [0.1, 0.15) is 12.7 Å². The Labute approximate surface area is 149 Å². The summed E-state index contributed by atoms with van der Waals surface area (Å²) in [6, 6.07) is -0.191. The number of amides is 1. The van der Waals surface area contributed by atoms with Crippen LogP contribution < -0.4 is 10.6 Å². The average molecular weight is 356 g/mol. The summed E-state index contributed by atoms with van der Waals surface area (Å²) in [5, 5.41) is 15.4. The average Bonchev–Trinajstić information content (AvgIpc) is 2.42. The van der Waals surface area contributed by atoms with E-state index in [0.717, 1.165) is 12.8 Å². The molecule has 0 aromatic carbocycles. The van der Waals surface area contributed by atoms with E-state index in [4.69, 9.17) is 14.6 Å². The number of piperidine rings is 1. The molecule has 2 aliphatic heterocycles. The van der Waals surface area contributed by atoms with Crippen LogP contribution in [-0.2, 0) is 19.1 Å². The zero-order valence-electron chi connectivity index (χ0n) is 15.8. The fourth-order valence-corrected chi connectivity index (χ4v) is 4.43. The minimum atomic E-state index is -1.02. The molecule has 7 heteroatoms. The lowest BCUT2D eigenvalue weighted by atomic mass is 9.74. The number of rotatable bonds is 6. The van der Waals surface area contributed by atoms with Gasteiger partial charge in [0.05, 0.1) is 12.6 Å². The number of nitrogens with one attached hydrogen (secondary N) is 2. The van der Waals surface area contributed by atoms with Crippen LogP contribution in [0, 0.1) is 5.92 Å². The smallest absolute Gasteiger partial charge is 0.329 e. The summed E-state index contributed by atoms with van der Waals surface area (Å²) in [4.78, 5) is 23.2. The highest BCUT2D eigenvalue weighted by atomic mass is 16.5. The predicted molar refractivity (Wildman–Crippen MR) is 93.4 cm³/mol. The first-order valence-corrected chi connectivity index (χ1v) is 9.06. The minimum absolute atomic E-state index is 0.00863. The third-order valence-corrected chi connectivity index (χ3v) is 4.82. The molecule has 0 bridgehead atoms. The van der Waals surface area contributed by atoms with Gasteiger partial charge in [-0.3, -0.25) is 4.79 Å². The summed E-state index contributed by atoms with van der Waals surface area (Å²) in [6.07, 6.45) is 2.62. The summed E-state index contributed by atoms with van der Waals surface area (Å²) >= 11 is 0. The first-order valence-electron chi connectivity index (χ1n) is 9.06. The molecule has 1 amide bonds. The Morgan fingerprint density at radius 3 is 2.48 bits per heavy atom. The van der Waals surface area contributed by atoms with E-state index in [1.165, 1.54) is 0 Å². The third kappa shape index (κ3) is 6.56. The molecule has 2 rings (SSSR count). The van der Waals surface area contributed by atoms with E-state index >= 15 is 0 Å². The molecule has 2 heterocycles. The van der Waals surface area contributed by atoms with Crippen LogP contribution in [0.3, 0.4) is 0 Å². The Bertz CT molecular complexity index is 476. The molecular weight excluding hydrogens is 324 g/mol. The maximum Gasteiger partial charge on any atom is 0.329 e. The summed E-state index contributed by atoms with van der Waals surface area (Å²) < 4.78 is 10.7. The van der Waals surface area contributed by atoms with Crippen LogP contribution in [-0.4, -0.2) is 60.0 Å². The molecule has 2 fully saturated rings. The number of aliphatic carboxylic acids is 1. The van der Waals surface area contributed by atoms with E-state index in [1.54, 1.807) is 0 Å². The van der Waals surface area contributed by atoms with Gasteiger partial charge >= 0.3 is 5.97 Å².